The lowest BCUT2D eigenvalue weighted by Crippen LogP contribution is -2.11. The molecule has 0 radical (unpaired) electrons. The van der Waals surface area contributed by atoms with Crippen LogP contribution in [0.15, 0.2) is 0 Å². The Morgan fingerprint density at radius 2 is 1.67 bits per heavy atom. The first kappa shape index (κ1) is 5.73. The largest absolute Gasteiger partial charge is 0.320 e. The standard InChI is InChI=1S/C4H10BN/c1-4(6)5(2)3/h6H,1-3H3. The zero-order valence-corrected chi connectivity index (χ0v) is 4.58. The minimum Gasteiger partial charge on any atom is -0.320 e. The van der Waals surface area contributed by atoms with Crippen LogP contribution >= 0.6 is 0 Å². The molecule has 34 valence electrons. The average molecular weight is 82.9 g/mol. The third-order valence-electron chi connectivity index (χ3n) is 0.866. The van der Waals surface area contributed by atoms with E-state index in [1.165, 1.54) is 0 Å². The van der Waals surface area contributed by atoms with Gasteiger partial charge in [0.05, 0.1) is 0 Å². The zero-order chi connectivity index (χ0) is 5.15. The van der Waals surface area contributed by atoms with Crippen molar-refractivity contribution in [3.8, 4) is 0 Å². The van der Waals surface area contributed by atoms with Crippen molar-refractivity contribution in [1.29, 1.82) is 5.41 Å². The fraction of sp³-hybridized carbons (Fsp3) is 0.750. The quantitative estimate of drug-likeness (QED) is 0.365. The van der Waals surface area contributed by atoms with Gasteiger partial charge in [0.2, 0.25) is 0 Å². The van der Waals surface area contributed by atoms with E-state index in [-0.39, 0.29) is 0 Å². The van der Waals surface area contributed by atoms with Gasteiger partial charge in [0.1, 0.15) is 0 Å². The maximum Gasteiger partial charge on any atom is 0.187 e. The van der Waals surface area contributed by atoms with Gasteiger partial charge >= 0.3 is 0 Å². The molecule has 1 N–H and O–H groups in total. The third-order valence-corrected chi connectivity index (χ3v) is 0.866. The van der Waals surface area contributed by atoms with E-state index in [9.17, 15) is 0 Å². The molecule has 6 heavy (non-hydrogen) atoms. The average Bonchev–Trinajstić information content (AvgIpc) is 1.36. The minimum absolute atomic E-state index is 0.435. The van der Waals surface area contributed by atoms with Crippen molar-refractivity contribution in [3.63, 3.8) is 0 Å². The molecule has 0 aliphatic rings. The predicted octanol–water partition coefficient (Wildman–Crippen LogP) is 1.32. The van der Waals surface area contributed by atoms with Crippen molar-refractivity contribution in [2.75, 3.05) is 0 Å². The van der Waals surface area contributed by atoms with Gasteiger partial charge in [-0.3, -0.25) is 0 Å². The summed E-state index contributed by atoms with van der Waals surface area (Å²) in [4.78, 5) is 0. The summed E-state index contributed by atoms with van der Waals surface area (Å²) in [6.45, 7) is 6.29. The summed E-state index contributed by atoms with van der Waals surface area (Å²) < 4.78 is 0. The van der Waals surface area contributed by atoms with Crippen LogP contribution in [0.3, 0.4) is 0 Å². The molecule has 0 saturated heterocycles. The maximum absolute atomic E-state index is 6.95. The SMILES string of the molecule is CB(C)C(C)=N. The van der Waals surface area contributed by atoms with Gasteiger partial charge in [-0.25, -0.2) is 0 Å². The maximum atomic E-state index is 6.95. The molecule has 0 atom stereocenters. The minimum atomic E-state index is 0.435. The Kier molecular flexibility index (Phi) is 1.92. The van der Waals surface area contributed by atoms with Gasteiger partial charge in [-0.15, -0.1) is 0 Å². The second-order valence-corrected chi connectivity index (χ2v) is 1.84. The summed E-state index contributed by atoms with van der Waals surface area (Å²) in [7, 11) is 0. The zero-order valence-electron chi connectivity index (χ0n) is 4.58. The molecule has 2 heteroatoms. The molecular weight excluding hydrogens is 72.9 g/mol. The van der Waals surface area contributed by atoms with Crippen LogP contribution in [0.4, 0.5) is 0 Å². The molecule has 0 heterocycles. The summed E-state index contributed by atoms with van der Waals surface area (Å²) in [6, 6.07) is 0. The molecule has 0 saturated carbocycles. The van der Waals surface area contributed by atoms with E-state index in [0.29, 0.717) is 6.71 Å². The van der Waals surface area contributed by atoms with Crippen LogP contribution in [0.5, 0.6) is 0 Å². The normalized spacial score (nSPS) is 7.83. The van der Waals surface area contributed by atoms with Crippen LogP contribution in [0.25, 0.3) is 0 Å². The van der Waals surface area contributed by atoms with E-state index in [0.717, 1.165) is 5.61 Å². The molecule has 0 fully saturated rings. The summed E-state index contributed by atoms with van der Waals surface area (Å²) in [5.41, 5.74) is 0.759. The molecule has 1 nitrogen and oxygen atoms in total. The summed E-state index contributed by atoms with van der Waals surface area (Å²) in [6.07, 6.45) is 0. The Bertz CT molecular complexity index is 58.6. The van der Waals surface area contributed by atoms with Crippen molar-refractivity contribution in [3.05, 3.63) is 0 Å². The highest BCUT2D eigenvalue weighted by molar-refractivity contribution is 6.88. The third kappa shape index (κ3) is 2.00. The second kappa shape index (κ2) is 2.01. The first-order valence-corrected chi connectivity index (χ1v) is 2.19. The molecule has 0 aromatic carbocycles. The topological polar surface area (TPSA) is 23.9 Å². The highest BCUT2D eigenvalue weighted by Gasteiger charge is 1.96. The van der Waals surface area contributed by atoms with E-state index in [4.69, 9.17) is 5.41 Å². The molecule has 0 rings (SSSR count). The molecule has 0 aromatic rings. The van der Waals surface area contributed by atoms with Crippen LogP contribution < -0.4 is 0 Å². The summed E-state index contributed by atoms with van der Waals surface area (Å²) in [5, 5.41) is 6.95. The second-order valence-electron chi connectivity index (χ2n) is 1.84. The van der Waals surface area contributed by atoms with E-state index < -0.39 is 0 Å². The molecule has 0 aliphatic heterocycles. The van der Waals surface area contributed by atoms with Gasteiger partial charge < -0.3 is 5.41 Å². The summed E-state index contributed by atoms with van der Waals surface area (Å²) >= 11 is 0. The summed E-state index contributed by atoms with van der Waals surface area (Å²) in [5.74, 6) is 0. The van der Waals surface area contributed by atoms with Gasteiger partial charge in [0.25, 0.3) is 0 Å². The number of rotatable bonds is 1. The van der Waals surface area contributed by atoms with Gasteiger partial charge in [0.15, 0.2) is 6.71 Å². The molecule has 0 aliphatic carbocycles. The van der Waals surface area contributed by atoms with E-state index in [1.807, 2.05) is 20.6 Å². The lowest BCUT2D eigenvalue weighted by atomic mass is 9.51. The predicted molar refractivity (Wildman–Crippen MR) is 30.9 cm³/mol. The fourth-order valence-corrected chi connectivity index (χ4v) is 0. The Labute approximate surface area is 39.3 Å². The van der Waals surface area contributed by atoms with Crippen molar-refractivity contribution in [1.82, 2.24) is 0 Å². The van der Waals surface area contributed by atoms with Crippen LogP contribution in [0.1, 0.15) is 6.92 Å². The first-order chi connectivity index (χ1) is 2.64. The molecular formula is C4H10BN. The lowest BCUT2D eigenvalue weighted by Gasteiger charge is -1.90. The Hall–Kier alpha value is -0.265. The van der Waals surface area contributed by atoms with Gasteiger partial charge in [-0.05, 0) is 12.5 Å². The van der Waals surface area contributed by atoms with E-state index >= 15 is 0 Å². The Morgan fingerprint density at radius 3 is 1.67 bits per heavy atom. The molecule has 0 aromatic heterocycles. The number of nitrogens with one attached hydrogen (secondary N) is 1. The number of hydrogen-bond acceptors (Lipinski definition) is 1. The van der Waals surface area contributed by atoms with Gasteiger partial charge in [0, 0.05) is 0 Å². The van der Waals surface area contributed by atoms with Crippen molar-refractivity contribution in [2.45, 2.75) is 20.6 Å². The molecule has 0 spiro atoms. The van der Waals surface area contributed by atoms with Crippen LogP contribution in [-0.2, 0) is 0 Å². The molecule has 0 bridgehead atoms. The lowest BCUT2D eigenvalue weighted by molar-refractivity contribution is 1.52. The van der Waals surface area contributed by atoms with E-state index in [2.05, 4.69) is 0 Å². The van der Waals surface area contributed by atoms with Gasteiger partial charge in [-0.2, -0.15) is 0 Å². The molecule has 0 unspecified atom stereocenters. The van der Waals surface area contributed by atoms with Crippen molar-refractivity contribution >= 4 is 12.3 Å². The van der Waals surface area contributed by atoms with Crippen LogP contribution in [0, 0.1) is 5.41 Å². The fourth-order valence-electron chi connectivity index (χ4n) is 0. The Morgan fingerprint density at radius 1 is 1.50 bits per heavy atom. The number of hydrogen-bond donors (Lipinski definition) is 1. The Balaban J connectivity index is 3.26. The first-order valence-electron chi connectivity index (χ1n) is 2.19. The van der Waals surface area contributed by atoms with Gasteiger partial charge in [-0.1, -0.05) is 13.6 Å². The van der Waals surface area contributed by atoms with Crippen molar-refractivity contribution < 1.29 is 0 Å². The highest BCUT2D eigenvalue weighted by Crippen LogP contribution is 1.78. The van der Waals surface area contributed by atoms with Crippen LogP contribution in [0.2, 0.25) is 13.6 Å². The van der Waals surface area contributed by atoms with Crippen LogP contribution in [-0.4, -0.2) is 12.3 Å². The smallest absolute Gasteiger partial charge is 0.187 e. The van der Waals surface area contributed by atoms with E-state index in [1.54, 1.807) is 0 Å². The molecule has 0 amide bonds. The highest BCUT2D eigenvalue weighted by atomic mass is 14.3. The monoisotopic (exact) mass is 83.1 g/mol. The van der Waals surface area contributed by atoms with Crippen molar-refractivity contribution in [2.24, 2.45) is 0 Å².